The third-order valence-electron chi connectivity index (χ3n) is 2.54. The second-order valence-corrected chi connectivity index (χ2v) is 3.76. The minimum Gasteiger partial charge on any atom is -0.494 e. The van der Waals surface area contributed by atoms with Gasteiger partial charge in [0.1, 0.15) is 6.61 Å². The maximum atomic E-state index is 13.3. The molecule has 0 N–H and O–H groups in total. The van der Waals surface area contributed by atoms with Gasteiger partial charge in [0.25, 0.3) is 0 Å². The van der Waals surface area contributed by atoms with Crippen molar-refractivity contribution in [1.29, 1.82) is 0 Å². The molecule has 2 aromatic rings. The summed E-state index contributed by atoms with van der Waals surface area (Å²) < 4.78 is 24.9. The maximum Gasteiger partial charge on any atom is 0.181 e. The van der Waals surface area contributed by atoms with Crippen molar-refractivity contribution < 1.29 is 13.9 Å². The fraction of sp³-hybridized carbons (Fsp3) is 0.333. The van der Waals surface area contributed by atoms with E-state index in [4.69, 9.17) is 9.47 Å². The lowest BCUT2D eigenvalue weighted by Gasteiger charge is -2.02. The molecule has 0 aliphatic carbocycles. The summed E-state index contributed by atoms with van der Waals surface area (Å²) in [6, 6.07) is 4.52. The smallest absolute Gasteiger partial charge is 0.181 e. The van der Waals surface area contributed by atoms with Crippen molar-refractivity contribution in [2.24, 2.45) is 7.05 Å². The van der Waals surface area contributed by atoms with E-state index in [0.29, 0.717) is 23.8 Å². The number of rotatable bonds is 4. The molecule has 0 saturated heterocycles. The molecule has 96 valence electrons. The molecule has 0 radical (unpaired) electrons. The van der Waals surface area contributed by atoms with Crippen LogP contribution in [0.4, 0.5) is 4.39 Å². The van der Waals surface area contributed by atoms with Crippen LogP contribution in [0.3, 0.4) is 0 Å². The van der Waals surface area contributed by atoms with E-state index < -0.39 is 5.82 Å². The minimum absolute atomic E-state index is 0.174. The Balaban J connectivity index is 2.39. The van der Waals surface area contributed by atoms with Gasteiger partial charge in [0.05, 0.1) is 7.11 Å². The predicted octanol–water partition coefficient (Wildman–Crippen LogP) is 1.78. The van der Waals surface area contributed by atoms with Gasteiger partial charge in [-0.3, -0.25) is 4.68 Å². The van der Waals surface area contributed by atoms with Crippen LogP contribution in [0.1, 0.15) is 5.82 Å². The fourth-order valence-electron chi connectivity index (χ4n) is 1.59. The second-order valence-electron chi connectivity index (χ2n) is 3.76. The van der Waals surface area contributed by atoms with E-state index >= 15 is 0 Å². The molecule has 0 unspecified atom stereocenters. The fourth-order valence-corrected chi connectivity index (χ4v) is 1.59. The van der Waals surface area contributed by atoms with E-state index in [1.54, 1.807) is 31.0 Å². The summed E-state index contributed by atoms with van der Waals surface area (Å²) in [5.41, 5.74) is 0.700. The molecule has 0 aliphatic heterocycles. The minimum atomic E-state index is -0.408. The first kappa shape index (κ1) is 12.5. The lowest BCUT2D eigenvalue weighted by molar-refractivity contribution is 0.174. The average Bonchev–Trinajstić information content (AvgIpc) is 2.72. The van der Waals surface area contributed by atoms with Crippen molar-refractivity contribution in [3.8, 4) is 17.1 Å². The number of hydrogen-bond donors (Lipinski definition) is 0. The molecular weight excluding hydrogens is 237 g/mol. The van der Waals surface area contributed by atoms with Crippen LogP contribution in [0.2, 0.25) is 0 Å². The molecule has 5 nitrogen and oxygen atoms in total. The van der Waals surface area contributed by atoms with Gasteiger partial charge in [-0.25, -0.2) is 9.37 Å². The Morgan fingerprint density at radius 3 is 2.78 bits per heavy atom. The Hall–Kier alpha value is -1.95. The van der Waals surface area contributed by atoms with E-state index in [9.17, 15) is 4.39 Å². The van der Waals surface area contributed by atoms with Gasteiger partial charge in [-0.15, -0.1) is 0 Å². The highest BCUT2D eigenvalue weighted by Crippen LogP contribution is 2.24. The van der Waals surface area contributed by atoms with Crippen molar-refractivity contribution >= 4 is 0 Å². The molecule has 2 rings (SSSR count). The summed E-state index contributed by atoms with van der Waals surface area (Å²) in [5, 5.41) is 4.25. The summed E-state index contributed by atoms with van der Waals surface area (Å²) in [6.07, 6.45) is 0. The molecule has 0 aliphatic rings. The summed E-state index contributed by atoms with van der Waals surface area (Å²) in [4.78, 5) is 4.32. The quantitative estimate of drug-likeness (QED) is 0.831. The van der Waals surface area contributed by atoms with Crippen LogP contribution in [0.15, 0.2) is 18.2 Å². The van der Waals surface area contributed by atoms with Crippen LogP contribution in [0, 0.1) is 5.82 Å². The van der Waals surface area contributed by atoms with E-state index in [1.807, 2.05) is 0 Å². The Morgan fingerprint density at radius 2 is 2.11 bits per heavy atom. The topological polar surface area (TPSA) is 49.2 Å². The summed E-state index contributed by atoms with van der Waals surface area (Å²) in [5.74, 6) is 0.987. The van der Waals surface area contributed by atoms with E-state index in [2.05, 4.69) is 10.1 Å². The van der Waals surface area contributed by atoms with Crippen molar-refractivity contribution in [2.45, 2.75) is 6.61 Å². The van der Waals surface area contributed by atoms with Crippen LogP contribution < -0.4 is 4.74 Å². The third-order valence-corrected chi connectivity index (χ3v) is 2.54. The number of hydrogen-bond acceptors (Lipinski definition) is 4. The van der Waals surface area contributed by atoms with Crippen LogP contribution in [0.5, 0.6) is 5.75 Å². The SMILES string of the molecule is COCc1nc(-c2ccc(F)c(OC)c2)nn1C. The normalized spacial score (nSPS) is 10.7. The first-order chi connectivity index (χ1) is 8.65. The number of aromatic nitrogens is 3. The molecule has 0 bridgehead atoms. The van der Waals surface area contributed by atoms with Gasteiger partial charge >= 0.3 is 0 Å². The molecule has 1 aromatic heterocycles. The molecule has 0 spiro atoms. The van der Waals surface area contributed by atoms with Crippen LogP contribution >= 0.6 is 0 Å². The zero-order valence-electron chi connectivity index (χ0n) is 10.5. The summed E-state index contributed by atoms with van der Waals surface area (Å²) in [6.45, 7) is 0.377. The van der Waals surface area contributed by atoms with E-state index in [0.717, 1.165) is 0 Å². The number of benzene rings is 1. The van der Waals surface area contributed by atoms with Gasteiger partial charge < -0.3 is 9.47 Å². The lowest BCUT2D eigenvalue weighted by Crippen LogP contribution is -2.00. The molecule has 0 atom stereocenters. The van der Waals surface area contributed by atoms with Gasteiger partial charge in [0.2, 0.25) is 0 Å². The first-order valence-electron chi connectivity index (χ1n) is 5.38. The zero-order valence-corrected chi connectivity index (χ0v) is 10.5. The van der Waals surface area contributed by atoms with Gasteiger partial charge in [-0.1, -0.05) is 0 Å². The zero-order chi connectivity index (χ0) is 13.1. The van der Waals surface area contributed by atoms with Gasteiger partial charge in [0, 0.05) is 19.7 Å². The highest BCUT2D eigenvalue weighted by Gasteiger charge is 2.11. The molecule has 0 amide bonds. The number of methoxy groups -OCH3 is 2. The van der Waals surface area contributed by atoms with Crippen LogP contribution in [0.25, 0.3) is 11.4 Å². The van der Waals surface area contributed by atoms with Crippen LogP contribution in [-0.2, 0) is 18.4 Å². The number of halogens is 1. The van der Waals surface area contributed by atoms with Crippen molar-refractivity contribution in [3.63, 3.8) is 0 Å². The molecule has 0 saturated carbocycles. The Morgan fingerprint density at radius 1 is 1.33 bits per heavy atom. The highest BCUT2D eigenvalue weighted by atomic mass is 19.1. The monoisotopic (exact) mass is 251 g/mol. The van der Waals surface area contributed by atoms with Crippen molar-refractivity contribution in [3.05, 3.63) is 29.8 Å². The van der Waals surface area contributed by atoms with Gasteiger partial charge in [-0.05, 0) is 18.2 Å². The Labute approximate surface area is 104 Å². The number of nitrogens with zero attached hydrogens (tertiary/aromatic N) is 3. The second kappa shape index (κ2) is 5.14. The molecule has 6 heteroatoms. The lowest BCUT2D eigenvalue weighted by atomic mass is 10.2. The molecule has 0 fully saturated rings. The van der Waals surface area contributed by atoms with E-state index in [-0.39, 0.29) is 5.75 Å². The maximum absolute atomic E-state index is 13.3. The Bertz CT molecular complexity index is 554. The largest absolute Gasteiger partial charge is 0.494 e. The first-order valence-corrected chi connectivity index (χ1v) is 5.38. The Kier molecular flexibility index (Phi) is 3.57. The molecule has 18 heavy (non-hydrogen) atoms. The standard InChI is InChI=1S/C12H14FN3O2/c1-16-11(7-17-2)14-12(15-16)8-4-5-9(13)10(6-8)18-3/h4-6H,7H2,1-3H3. The van der Waals surface area contributed by atoms with Crippen LogP contribution in [-0.4, -0.2) is 29.0 Å². The van der Waals surface area contributed by atoms with Gasteiger partial charge in [-0.2, -0.15) is 5.10 Å². The average molecular weight is 251 g/mol. The van der Waals surface area contributed by atoms with Crippen molar-refractivity contribution in [1.82, 2.24) is 14.8 Å². The molecule has 1 aromatic carbocycles. The summed E-state index contributed by atoms with van der Waals surface area (Å²) >= 11 is 0. The highest BCUT2D eigenvalue weighted by molar-refractivity contribution is 5.57. The summed E-state index contributed by atoms with van der Waals surface area (Å²) in [7, 11) is 4.80. The predicted molar refractivity (Wildman–Crippen MR) is 63.7 cm³/mol. The van der Waals surface area contributed by atoms with Crippen molar-refractivity contribution in [2.75, 3.05) is 14.2 Å². The third kappa shape index (κ3) is 2.33. The molecule has 1 heterocycles. The van der Waals surface area contributed by atoms with Gasteiger partial charge in [0.15, 0.2) is 23.2 Å². The number of ether oxygens (including phenoxy) is 2. The molecular formula is C12H14FN3O2. The number of aryl methyl sites for hydroxylation is 1. The van der Waals surface area contributed by atoms with E-state index in [1.165, 1.54) is 13.2 Å².